The number of hydrogen-bond acceptors (Lipinski definition) is 6. The van der Waals surface area contributed by atoms with Crippen molar-refractivity contribution in [2.24, 2.45) is 0 Å². The van der Waals surface area contributed by atoms with Gasteiger partial charge in [0.15, 0.2) is 0 Å². The molecule has 1 fully saturated rings. The van der Waals surface area contributed by atoms with E-state index in [4.69, 9.17) is 0 Å². The summed E-state index contributed by atoms with van der Waals surface area (Å²) in [7, 11) is 0. The number of hydrogen-bond donors (Lipinski definition) is 0. The second-order valence-electron chi connectivity index (χ2n) is 10.7. The van der Waals surface area contributed by atoms with Gasteiger partial charge in [0, 0.05) is 0 Å². The minimum atomic E-state index is 1.12. The lowest BCUT2D eigenvalue weighted by molar-refractivity contribution is 0.123. The molecule has 1 aliphatic rings. The lowest BCUT2D eigenvalue weighted by Crippen LogP contribution is -2.40. The monoisotopic (exact) mass is 543 g/mol. The van der Waals surface area contributed by atoms with Crippen molar-refractivity contribution in [3.05, 3.63) is 0 Å². The van der Waals surface area contributed by atoms with Crippen LogP contribution in [0.3, 0.4) is 0 Å². The lowest BCUT2D eigenvalue weighted by atomic mass is 10.2. The Morgan fingerprint density at radius 3 is 0.816 bits per heavy atom. The van der Waals surface area contributed by atoms with E-state index >= 15 is 0 Å². The maximum atomic E-state index is 2.63. The molecule has 232 valence electrons. The van der Waals surface area contributed by atoms with Gasteiger partial charge in [-0.2, -0.15) is 0 Å². The van der Waals surface area contributed by atoms with Gasteiger partial charge in [0.25, 0.3) is 0 Å². The number of nitrogens with zero attached hydrogens (tertiary/aromatic N) is 6. The topological polar surface area (TPSA) is 19.4 Å². The molecule has 0 unspecified atom stereocenters. The third-order valence-corrected chi connectivity index (χ3v) is 7.68. The third-order valence-electron chi connectivity index (χ3n) is 7.68. The summed E-state index contributed by atoms with van der Waals surface area (Å²) in [4.78, 5) is 15.4. The average molecular weight is 543 g/mol. The highest BCUT2D eigenvalue weighted by molar-refractivity contribution is 4.64. The van der Waals surface area contributed by atoms with Crippen LogP contribution in [0.4, 0.5) is 0 Å². The van der Waals surface area contributed by atoms with Gasteiger partial charge < -0.3 is 0 Å². The Morgan fingerprint density at radius 1 is 0.395 bits per heavy atom. The molecule has 0 atom stereocenters. The molecule has 0 aromatic rings. The van der Waals surface area contributed by atoms with E-state index in [1.165, 1.54) is 97.3 Å². The van der Waals surface area contributed by atoms with Gasteiger partial charge in [0.1, 0.15) is 0 Å². The average Bonchev–Trinajstić information content (AvgIpc) is 2.94. The van der Waals surface area contributed by atoms with Crippen LogP contribution in [-0.4, -0.2) is 128 Å². The van der Waals surface area contributed by atoms with E-state index in [9.17, 15) is 0 Å². The summed E-state index contributed by atoms with van der Waals surface area (Å²) in [5, 5.41) is 0. The Bertz CT molecular complexity index is 380. The zero-order valence-corrected chi connectivity index (χ0v) is 28.2. The van der Waals surface area contributed by atoms with E-state index in [2.05, 4.69) is 98.6 Å². The molecule has 0 saturated carbocycles. The SMILES string of the molecule is CCC.CCN(CC)CN(CC)CC.CCN1CCCCCN(CC)CN(CC)CCCCCN(CC)C1. The second kappa shape index (κ2) is 29.7. The molecule has 0 spiro atoms. The standard InChI is InChI=1S/C20H44N4.C9H22N2.C3H8/c1-5-21-15-11-9-12-17-23(7-3)20-24(8-4)18-14-10-13-16-22(6-2)19-21;1-5-10(6-2)9-11(7-3)8-4;1-3-2/h5-20H2,1-4H3;5-9H2,1-4H3;3H2,1-2H3. The summed E-state index contributed by atoms with van der Waals surface area (Å²) < 4.78 is 0. The van der Waals surface area contributed by atoms with Gasteiger partial charge in [-0.05, 0) is 104 Å². The van der Waals surface area contributed by atoms with Crippen LogP contribution in [-0.2, 0) is 0 Å². The molecule has 6 heteroatoms. The van der Waals surface area contributed by atoms with E-state index in [0.29, 0.717) is 0 Å². The second-order valence-corrected chi connectivity index (χ2v) is 10.7. The first-order valence-electron chi connectivity index (χ1n) is 16.8. The van der Waals surface area contributed by atoms with E-state index < -0.39 is 0 Å². The third kappa shape index (κ3) is 22.6. The van der Waals surface area contributed by atoms with Gasteiger partial charge in [-0.3, -0.25) is 29.4 Å². The van der Waals surface area contributed by atoms with Crippen LogP contribution in [0.5, 0.6) is 0 Å². The minimum Gasteiger partial charge on any atom is -0.291 e. The Morgan fingerprint density at radius 2 is 0.632 bits per heavy atom. The van der Waals surface area contributed by atoms with Gasteiger partial charge in [0.05, 0.1) is 20.0 Å². The van der Waals surface area contributed by atoms with Gasteiger partial charge in [-0.1, -0.05) is 88.5 Å². The normalized spacial score (nSPS) is 18.6. The molecule has 0 radical (unpaired) electrons. The van der Waals surface area contributed by atoms with Crippen LogP contribution in [0.25, 0.3) is 0 Å². The van der Waals surface area contributed by atoms with Crippen molar-refractivity contribution in [3.8, 4) is 0 Å². The van der Waals surface area contributed by atoms with Gasteiger partial charge in [0.2, 0.25) is 0 Å². The first-order chi connectivity index (χ1) is 18.4. The molecule has 6 nitrogen and oxygen atoms in total. The van der Waals surface area contributed by atoms with Crippen molar-refractivity contribution in [1.29, 1.82) is 0 Å². The molecule has 0 aromatic carbocycles. The highest BCUT2D eigenvalue weighted by Crippen LogP contribution is 2.07. The molecule has 1 saturated heterocycles. The predicted molar refractivity (Wildman–Crippen MR) is 173 cm³/mol. The van der Waals surface area contributed by atoms with Crippen LogP contribution >= 0.6 is 0 Å². The van der Waals surface area contributed by atoms with Crippen LogP contribution in [0.2, 0.25) is 0 Å². The molecule has 0 bridgehead atoms. The molecule has 0 N–H and O–H groups in total. The highest BCUT2D eigenvalue weighted by atomic mass is 15.3. The van der Waals surface area contributed by atoms with E-state index in [1.54, 1.807) is 0 Å². The van der Waals surface area contributed by atoms with Crippen LogP contribution in [0.15, 0.2) is 0 Å². The quantitative estimate of drug-likeness (QED) is 0.288. The first kappa shape index (κ1) is 39.9. The van der Waals surface area contributed by atoms with Crippen molar-refractivity contribution >= 4 is 0 Å². The molecule has 38 heavy (non-hydrogen) atoms. The lowest BCUT2D eigenvalue weighted by Gasteiger charge is -2.31. The van der Waals surface area contributed by atoms with E-state index in [1.807, 2.05) is 0 Å². The van der Waals surface area contributed by atoms with Crippen LogP contribution in [0.1, 0.15) is 114 Å². The summed E-state index contributed by atoms with van der Waals surface area (Å²) in [5.74, 6) is 0. The smallest absolute Gasteiger partial charge is 0.0505 e. The fraction of sp³-hybridized carbons (Fsp3) is 1.00. The van der Waals surface area contributed by atoms with E-state index in [0.717, 1.165) is 46.2 Å². The molecule has 1 rings (SSSR count). The Hall–Kier alpha value is -0.240. The predicted octanol–water partition coefficient (Wildman–Crippen LogP) is 6.59. The summed E-state index contributed by atoms with van der Waals surface area (Å²) in [6, 6.07) is 0. The highest BCUT2D eigenvalue weighted by Gasteiger charge is 2.11. The fourth-order valence-electron chi connectivity index (χ4n) is 4.71. The molecular weight excluding hydrogens is 468 g/mol. The molecule has 1 heterocycles. The van der Waals surface area contributed by atoms with Crippen molar-refractivity contribution < 1.29 is 0 Å². The van der Waals surface area contributed by atoms with Crippen molar-refractivity contribution in [1.82, 2.24) is 29.4 Å². The Kier molecular flexibility index (Phi) is 31.2. The van der Waals surface area contributed by atoms with Crippen molar-refractivity contribution in [2.45, 2.75) is 114 Å². The fourth-order valence-corrected chi connectivity index (χ4v) is 4.71. The largest absolute Gasteiger partial charge is 0.291 e. The van der Waals surface area contributed by atoms with Gasteiger partial charge in [-0.25, -0.2) is 0 Å². The zero-order chi connectivity index (χ0) is 29.0. The zero-order valence-electron chi connectivity index (χ0n) is 28.2. The Labute approximate surface area is 242 Å². The maximum Gasteiger partial charge on any atom is 0.0505 e. The summed E-state index contributed by atoms with van der Waals surface area (Å²) in [5.41, 5.74) is 0. The molecule has 1 aliphatic heterocycles. The van der Waals surface area contributed by atoms with Gasteiger partial charge >= 0.3 is 0 Å². The first-order valence-corrected chi connectivity index (χ1v) is 16.8. The van der Waals surface area contributed by atoms with Crippen LogP contribution in [0, 0.1) is 0 Å². The maximum absolute atomic E-state index is 2.63. The summed E-state index contributed by atoms with van der Waals surface area (Å²) >= 11 is 0. The summed E-state index contributed by atoms with van der Waals surface area (Å²) in [6.45, 7) is 40.2. The minimum absolute atomic E-state index is 1.12. The van der Waals surface area contributed by atoms with E-state index in [-0.39, 0.29) is 0 Å². The van der Waals surface area contributed by atoms with Crippen LogP contribution < -0.4 is 0 Å². The Balaban J connectivity index is 0. The van der Waals surface area contributed by atoms with Crippen molar-refractivity contribution in [3.63, 3.8) is 0 Å². The number of rotatable bonds is 10. The summed E-state index contributed by atoms with van der Waals surface area (Å²) in [6.07, 6.45) is 9.37. The molecular formula is C32H74N6. The van der Waals surface area contributed by atoms with Gasteiger partial charge in [-0.15, -0.1) is 0 Å². The van der Waals surface area contributed by atoms with Crippen molar-refractivity contribution in [2.75, 3.05) is 98.5 Å². The molecule has 0 aromatic heterocycles. The molecule has 0 amide bonds. The molecule has 0 aliphatic carbocycles.